The zero-order valence-corrected chi connectivity index (χ0v) is 18.0. The Morgan fingerprint density at radius 1 is 1.30 bits per heavy atom. The molecule has 7 heteroatoms. The van der Waals surface area contributed by atoms with Crippen LogP contribution in [-0.4, -0.2) is 26.8 Å². The summed E-state index contributed by atoms with van der Waals surface area (Å²) >= 11 is 1.42. The summed E-state index contributed by atoms with van der Waals surface area (Å²) in [5.41, 5.74) is 2.91. The number of carbonyl (C=O) groups is 1. The molecule has 0 aliphatic heterocycles. The van der Waals surface area contributed by atoms with Gasteiger partial charge in [0.25, 0.3) is 0 Å². The van der Waals surface area contributed by atoms with Crippen LogP contribution < -0.4 is 4.57 Å². The zero-order valence-electron chi connectivity index (χ0n) is 17.2. The van der Waals surface area contributed by atoms with Gasteiger partial charge in [-0.05, 0) is 38.6 Å². The highest BCUT2D eigenvalue weighted by Crippen LogP contribution is 2.31. The van der Waals surface area contributed by atoms with Crippen molar-refractivity contribution in [2.24, 2.45) is 0 Å². The molecule has 3 heterocycles. The largest absolute Gasteiger partial charge is 0.544 e. The summed E-state index contributed by atoms with van der Waals surface area (Å²) in [5.74, 6) is 0. The Morgan fingerprint density at radius 3 is 2.80 bits per heavy atom. The number of benzene rings is 1. The SMILES string of the molecule is Cc1ccc2c([C-](O)c3c[s+][c-](-c4cccnc4)n3)c[n+](C(=O)OC(C)(C)C)[c-]2c1. The van der Waals surface area contributed by atoms with Crippen molar-refractivity contribution in [2.45, 2.75) is 33.3 Å². The second-order valence-electron chi connectivity index (χ2n) is 8.04. The van der Waals surface area contributed by atoms with Gasteiger partial charge in [-0.2, -0.15) is 4.57 Å². The van der Waals surface area contributed by atoms with Crippen molar-refractivity contribution < 1.29 is 19.2 Å². The Labute approximate surface area is 178 Å². The average molecular weight is 421 g/mol. The molecule has 0 amide bonds. The molecule has 0 radical (unpaired) electrons. The van der Waals surface area contributed by atoms with Crippen molar-refractivity contribution in [3.63, 3.8) is 0 Å². The summed E-state index contributed by atoms with van der Waals surface area (Å²) in [7, 11) is 0. The van der Waals surface area contributed by atoms with Crippen LogP contribution in [0, 0.1) is 13.0 Å². The fourth-order valence-electron chi connectivity index (χ4n) is 3.13. The molecule has 0 spiro atoms. The van der Waals surface area contributed by atoms with Gasteiger partial charge >= 0.3 is 6.09 Å². The lowest BCUT2D eigenvalue weighted by molar-refractivity contribution is -0.559. The first-order chi connectivity index (χ1) is 14.2. The number of aliphatic hydroxyl groups is 1. The Kier molecular flexibility index (Phi) is 5.09. The van der Waals surface area contributed by atoms with Gasteiger partial charge in [-0.25, -0.2) is 4.79 Å². The minimum absolute atomic E-state index is 0.0116. The summed E-state index contributed by atoms with van der Waals surface area (Å²) < 4.78 is 6.98. The van der Waals surface area contributed by atoms with Gasteiger partial charge in [0.2, 0.25) is 5.01 Å². The first kappa shape index (κ1) is 20.1. The van der Waals surface area contributed by atoms with E-state index in [0.29, 0.717) is 16.8 Å². The number of aliphatic hydroxyl groups excluding tert-OH is 1. The van der Waals surface area contributed by atoms with Gasteiger partial charge in [-0.15, -0.1) is 23.6 Å². The molecule has 1 aromatic carbocycles. The molecule has 0 fully saturated rings. The van der Waals surface area contributed by atoms with Crippen LogP contribution in [0.4, 0.5) is 4.79 Å². The van der Waals surface area contributed by atoms with Crippen molar-refractivity contribution in [3.05, 3.63) is 77.2 Å². The molecule has 0 saturated carbocycles. The number of fused-ring (bicyclic) bond motifs is 1. The number of hydrogen-bond acceptors (Lipinski definition) is 5. The number of nitrogens with zero attached hydrogens (tertiary/aromatic N) is 3. The van der Waals surface area contributed by atoms with Crippen LogP contribution in [0.5, 0.6) is 0 Å². The van der Waals surface area contributed by atoms with Crippen molar-refractivity contribution in [1.82, 2.24) is 9.97 Å². The number of pyridine rings is 1. The van der Waals surface area contributed by atoms with E-state index in [9.17, 15) is 9.90 Å². The summed E-state index contributed by atoms with van der Waals surface area (Å²) in [4.78, 5) is 21.5. The molecule has 6 nitrogen and oxygen atoms in total. The maximum atomic E-state index is 12.8. The van der Waals surface area contributed by atoms with Gasteiger partial charge in [-0.3, -0.25) is 4.98 Å². The van der Waals surface area contributed by atoms with Gasteiger partial charge in [0, 0.05) is 11.9 Å². The van der Waals surface area contributed by atoms with Crippen LogP contribution in [-0.2, 0) is 4.74 Å². The van der Waals surface area contributed by atoms with Gasteiger partial charge in [0.15, 0.2) is 11.3 Å². The molecule has 0 aliphatic carbocycles. The van der Waals surface area contributed by atoms with Gasteiger partial charge < -0.3 is 14.8 Å². The van der Waals surface area contributed by atoms with Crippen LogP contribution in [0.1, 0.15) is 37.6 Å². The van der Waals surface area contributed by atoms with Crippen LogP contribution in [0.2, 0.25) is 0 Å². The lowest BCUT2D eigenvalue weighted by Crippen LogP contribution is -2.45. The molecule has 154 valence electrons. The van der Waals surface area contributed by atoms with Gasteiger partial charge in [0.1, 0.15) is 16.5 Å². The molecule has 3 aromatic heterocycles. The highest BCUT2D eigenvalue weighted by molar-refractivity contribution is 7.13. The number of thiazole rings is 1. The molecule has 0 unspecified atom stereocenters. The van der Waals surface area contributed by atoms with E-state index in [1.54, 1.807) is 24.0 Å². The van der Waals surface area contributed by atoms with Gasteiger partial charge in [0.05, 0.1) is 6.20 Å². The quantitative estimate of drug-likeness (QED) is 0.294. The summed E-state index contributed by atoms with van der Waals surface area (Å²) in [6, 6.07) is 9.50. The predicted molar refractivity (Wildman–Crippen MR) is 115 cm³/mol. The van der Waals surface area contributed by atoms with E-state index < -0.39 is 11.7 Å². The first-order valence-corrected chi connectivity index (χ1v) is 10.4. The van der Waals surface area contributed by atoms with Crippen molar-refractivity contribution in [2.75, 3.05) is 0 Å². The highest BCUT2D eigenvalue weighted by atomic mass is 32.1. The molecular weight excluding hydrogens is 398 g/mol. The molecule has 4 rings (SSSR count). The predicted octanol–water partition coefficient (Wildman–Crippen LogP) is 4.76. The van der Waals surface area contributed by atoms with E-state index >= 15 is 0 Å². The molecule has 4 aromatic rings. The molecule has 30 heavy (non-hydrogen) atoms. The maximum absolute atomic E-state index is 12.8. The topological polar surface area (TPSA) is 76.2 Å². The van der Waals surface area contributed by atoms with Crippen molar-refractivity contribution in [1.29, 1.82) is 0 Å². The Morgan fingerprint density at radius 2 is 2.10 bits per heavy atom. The minimum atomic E-state index is -0.628. The van der Waals surface area contributed by atoms with Crippen LogP contribution in [0.25, 0.3) is 21.5 Å². The van der Waals surface area contributed by atoms with Gasteiger partial charge in [-0.1, -0.05) is 30.2 Å². The number of hydrogen-bond donors (Lipinski definition) is 1. The molecule has 1 N–H and O–H groups in total. The third-order valence-corrected chi connectivity index (χ3v) is 5.35. The molecule has 0 aliphatic rings. The third-order valence-electron chi connectivity index (χ3n) is 4.46. The number of aryl methyl sites for hydroxylation is 1. The van der Waals surface area contributed by atoms with E-state index in [1.165, 1.54) is 15.9 Å². The molecule has 0 saturated heterocycles. The van der Waals surface area contributed by atoms with Crippen LogP contribution in [0.3, 0.4) is 0 Å². The molecule has 0 bridgehead atoms. The fourth-order valence-corrected chi connectivity index (χ4v) is 3.93. The van der Waals surface area contributed by atoms with E-state index in [-0.39, 0.29) is 6.10 Å². The van der Waals surface area contributed by atoms with Crippen molar-refractivity contribution >= 4 is 28.3 Å². The lowest BCUT2D eigenvalue weighted by Gasteiger charge is -2.18. The summed E-state index contributed by atoms with van der Waals surface area (Å²) in [6.07, 6.45) is 4.56. The minimum Gasteiger partial charge on any atom is -0.435 e. The summed E-state index contributed by atoms with van der Waals surface area (Å²) in [5, 5.41) is 14.3. The zero-order chi connectivity index (χ0) is 21.5. The standard InChI is InChI=1S/C23H22N3O3S/c1-14-7-8-16-17(12-26(19(16)10-14)22(28)29-23(2,3)4)20(27)18-13-30-21(25-18)15-6-5-9-24-11-15/h5-13,27H,1-4H3/q-1. The number of ether oxygens (including phenoxy) is 1. The third kappa shape index (κ3) is 3.94. The second kappa shape index (κ2) is 7.59. The normalized spacial score (nSPS) is 11.6. The van der Waals surface area contributed by atoms with E-state index in [4.69, 9.17) is 4.74 Å². The lowest BCUT2D eigenvalue weighted by atomic mass is 10.1. The average Bonchev–Trinajstić information content (AvgIpc) is 3.32. The Bertz CT molecular complexity index is 1210. The number of carbonyl (C=O) groups excluding carboxylic acids is 1. The van der Waals surface area contributed by atoms with Crippen molar-refractivity contribution in [3.8, 4) is 10.6 Å². The second-order valence-corrected chi connectivity index (χ2v) is 8.90. The fraction of sp³-hybridized carbons (Fsp3) is 0.217. The molecular formula is C23H22N3O3S-. The highest BCUT2D eigenvalue weighted by Gasteiger charge is 2.25. The monoisotopic (exact) mass is 420 g/mol. The van der Waals surface area contributed by atoms with Crippen LogP contribution >= 0.6 is 11.3 Å². The van der Waals surface area contributed by atoms with E-state index in [0.717, 1.165) is 21.5 Å². The summed E-state index contributed by atoms with van der Waals surface area (Å²) in [6.45, 7) is 7.42. The number of aromatic nitrogens is 3. The Hall–Kier alpha value is -3.16. The first-order valence-electron chi connectivity index (χ1n) is 9.50. The Balaban J connectivity index is 1.76. The van der Waals surface area contributed by atoms with Crippen LogP contribution in [0.15, 0.2) is 54.3 Å². The maximum Gasteiger partial charge on any atom is 0.544 e. The number of rotatable bonds is 3. The smallest absolute Gasteiger partial charge is 0.435 e. The van der Waals surface area contributed by atoms with E-state index in [2.05, 4.69) is 9.97 Å². The molecule has 0 atom stereocenters. The van der Waals surface area contributed by atoms with E-state index in [1.807, 2.05) is 58.0 Å².